The Labute approximate surface area is 237 Å². The zero-order chi connectivity index (χ0) is 31.9. The highest BCUT2D eigenvalue weighted by Crippen LogP contribution is 2.55. The molecule has 0 aliphatic heterocycles. The smallest absolute Gasteiger partial charge is 0.322 e. The summed E-state index contributed by atoms with van der Waals surface area (Å²) in [5.74, 6) is -2.05. The van der Waals surface area contributed by atoms with E-state index in [4.69, 9.17) is 0 Å². The molecule has 0 saturated carbocycles. The average Bonchev–Trinajstić information content (AvgIpc) is 2.87. The number of hydrogen-bond donors (Lipinski definition) is 2. The molecule has 0 fully saturated rings. The van der Waals surface area contributed by atoms with E-state index in [1.54, 1.807) is 23.5 Å². The van der Waals surface area contributed by atoms with E-state index >= 15 is 0 Å². The first-order valence-corrected chi connectivity index (χ1v) is 13.1. The number of sulfone groups is 1. The van der Waals surface area contributed by atoms with E-state index in [1.165, 1.54) is 24.3 Å². The quantitative estimate of drug-likeness (QED) is 0.261. The number of nitrogens with one attached hydrogen (secondary N) is 2. The largest absolute Gasteiger partial charge is 0.501 e. The third kappa shape index (κ3) is 6.23. The van der Waals surface area contributed by atoms with Gasteiger partial charge < -0.3 is 10.6 Å². The Kier molecular flexibility index (Phi) is 8.76. The summed E-state index contributed by atoms with van der Waals surface area (Å²) in [6.45, 7) is 0. The lowest BCUT2D eigenvalue weighted by Gasteiger charge is -2.31. The molecule has 18 heteroatoms. The van der Waals surface area contributed by atoms with Gasteiger partial charge in [0.15, 0.2) is 0 Å². The van der Waals surface area contributed by atoms with Gasteiger partial charge in [0.25, 0.3) is 21.7 Å². The standard InChI is InChI=1S/C24H13BrF10N2O4S/c25-16-10-14(21(26,22(27,28)29)23(30,31)32)11-17(42(40,41)24(33,34)35)18(16)37-20(39)13-7-4-8-15(9-13)36-19(38)12-5-2-1-3-6-12/h1-11H,(H,36,38)(H,37,39). The van der Waals surface area contributed by atoms with E-state index in [0.717, 1.165) is 12.1 Å². The van der Waals surface area contributed by atoms with Crippen LogP contribution < -0.4 is 10.6 Å². The van der Waals surface area contributed by atoms with Crippen molar-refractivity contribution in [2.75, 3.05) is 10.6 Å². The number of alkyl halides is 10. The van der Waals surface area contributed by atoms with Crippen molar-refractivity contribution in [3.05, 3.63) is 87.9 Å². The molecule has 2 N–H and O–H groups in total. The topological polar surface area (TPSA) is 92.3 Å². The highest BCUT2D eigenvalue weighted by Gasteiger charge is 2.73. The minimum Gasteiger partial charge on any atom is -0.322 e. The first kappa shape index (κ1) is 32.8. The summed E-state index contributed by atoms with van der Waals surface area (Å²) in [4.78, 5) is 22.9. The molecule has 0 aromatic heterocycles. The zero-order valence-electron chi connectivity index (χ0n) is 20.0. The molecule has 0 heterocycles. The van der Waals surface area contributed by atoms with E-state index in [9.17, 15) is 61.9 Å². The maximum absolute atomic E-state index is 14.6. The van der Waals surface area contributed by atoms with Crippen LogP contribution in [0.1, 0.15) is 26.3 Å². The molecule has 0 atom stereocenters. The van der Waals surface area contributed by atoms with E-state index < -0.39 is 77.4 Å². The van der Waals surface area contributed by atoms with Gasteiger partial charge >= 0.3 is 23.5 Å². The highest BCUT2D eigenvalue weighted by atomic mass is 79.9. The van der Waals surface area contributed by atoms with Crippen molar-refractivity contribution in [2.24, 2.45) is 0 Å². The summed E-state index contributed by atoms with van der Waals surface area (Å²) >= 11 is 2.35. The molecule has 3 aromatic rings. The molecule has 0 bridgehead atoms. The fourth-order valence-corrected chi connectivity index (χ4v) is 5.09. The van der Waals surface area contributed by atoms with Crippen molar-refractivity contribution in [2.45, 2.75) is 28.4 Å². The number of anilines is 2. The lowest BCUT2D eigenvalue weighted by atomic mass is 9.94. The van der Waals surface area contributed by atoms with Crippen LogP contribution in [0.3, 0.4) is 0 Å². The third-order valence-corrected chi connectivity index (χ3v) is 7.62. The first-order chi connectivity index (χ1) is 19.1. The minimum atomic E-state index is -6.79. The van der Waals surface area contributed by atoms with Gasteiger partial charge in [-0.05, 0) is 58.4 Å². The maximum atomic E-state index is 14.6. The molecule has 0 radical (unpaired) electrons. The molecule has 42 heavy (non-hydrogen) atoms. The normalized spacial score (nSPS) is 13.0. The Morgan fingerprint density at radius 3 is 1.71 bits per heavy atom. The van der Waals surface area contributed by atoms with Crippen molar-refractivity contribution in [1.82, 2.24) is 0 Å². The molecule has 3 rings (SSSR count). The fraction of sp³-hybridized carbons (Fsp3) is 0.167. The molecule has 0 saturated heterocycles. The van der Waals surface area contributed by atoms with Crippen LogP contribution >= 0.6 is 15.9 Å². The summed E-state index contributed by atoms with van der Waals surface area (Å²) in [5.41, 5.74) is -16.9. The number of amides is 2. The van der Waals surface area contributed by atoms with E-state index in [1.807, 2.05) is 0 Å². The molecule has 0 aliphatic carbocycles. The minimum absolute atomic E-state index is 0.0355. The van der Waals surface area contributed by atoms with E-state index in [2.05, 4.69) is 21.2 Å². The Morgan fingerprint density at radius 1 is 0.667 bits per heavy atom. The van der Waals surface area contributed by atoms with E-state index in [0.29, 0.717) is 0 Å². The van der Waals surface area contributed by atoms with Gasteiger partial charge in [0.2, 0.25) is 0 Å². The second-order valence-corrected chi connectivity index (χ2v) is 11.1. The molecule has 2 amide bonds. The Balaban J connectivity index is 2.12. The molecule has 0 unspecified atom stereocenters. The Bertz CT molecular complexity index is 1610. The van der Waals surface area contributed by atoms with Gasteiger partial charge in [-0.15, -0.1) is 0 Å². The monoisotopic (exact) mass is 694 g/mol. The number of benzene rings is 3. The SMILES string of the molecule is O=C(Nc1cccc(C(=O)Nc2c(Br)cc(C(F)(C(F)(F)F)C(F)(F)F)cc2S(=O)(=O)C(F)(F)F)c1)c1ccccc1. The van der Waals surface area contributed by atoms with Crippen LogP contribution in [-0.4, -0.2) is 38.1 Å². The summed E-state index contributed by atoms with van der Waals surface area (Å²) in [6, 6.07) is 11.0. The fourth-order valence-electron chi connectivity index (χ4n) is 3.44. The van der Waals surface area contributed by atoms with Crippen LogP contribution in [0.5, 0.6) is 0 Å². The van der Waals surface area contributed by atoms with Gasteiger partial charge in [-0.1, -0.05) is 24.3 Å². The van der Waals surface area contributed by atoms with Crippen molar-refractivity contribution >= 4 is 49.0 Å². The molecule has 0 spiro atoms. The van der Waals surface area contributed by atoms with Crippen LogP contribution in [0.25, 0.3) is 0 Å². The second kappa shape index (κ2) is 11.2. The van der Waals surface area contributed by atoms with Gasteiger partial charge in [0.1, 0.15) is 4.90 Å². The number of rotatable bonds is 6. The van der Waals surface area contributed by atoms with Gasteiger partial charge in [0.05, 0.1) is 5.69 Å². The second-order valence-electron chi connectivity index (χ2n) is 8.29. The number of halogens is 11. The molecule has 226 valence electrons. The Morgan fingerprint density at radius 2 is 1.19 bits per heavy atom. The predicted octanol–water partition coefficient (Wildman–Crippen LogP) is 7.54. The summed E-state index contributed by atoms with van der Waals surface area (Å²) < 4.78 is 158. The maximum Gasteiger partial charge on any atom is 0.501 e. The molecule has 0 aliphatic rings. The molecule has 6 nitrogen and oxygen atoms in total. The van der Waals surface area contributed by atoms with Crippen LogP contribution in [0.2, 0.25) is 0 Å². The van der Waals surface area contributed by atoms with Crippen LogP contribution in [0.15, 0.2) is 76.1 Å². The summed E-state index contributed by atoms with van der Waals surface area (Å²) in [7, 11) is -6.79. The molecule has 3 aromatic carbocycles. The Hall–Kier alpha value is -3.67. The lowest BCUT2D eigenvalue weighted by molar-refractivity contribution is -0.348. The lowest BCUT2D eigenvalue weighted by Crippen LogP contribution is -2.50. The first-order valence-electron chi connectivity index (χ1n) is 10.9. The number of carbonyl (C=O) groups is 2. The summed E-state index contributed by atoms with van der Waals surface area (Å²) in [6.07, 6.45) is -13.6. The van der Waals surface area contributed by atoms with Gasteiger partial charge in [0, 0.05) is 26.9 Å². The molecular formula is C24H13BrF10N2O4S. The number of carbonyl (C=O) groups excluding carboxylic acids is 2. The summed E-state index contributed by atoms with van der Waals surface area (Å²) in [5, 5.41) is 4.09. The van der Waals surface area contributed by atoms with Crippen molar-refractivity contribution in [1.29, 1.82) is 0 Å². The predicted molar refractivity (Wildman–Crippen MR) is 131 cm³/mol. The van der Waals surface area contributed by atoms with Crippen molar-refractivity contribution in [3.8, 4) is 0 Å². The van der Waals surface area contributed by atoms with Crippen molar-refractivity contribution < 1.29 is 61.9 Å². The van der Waals surface area contributed by atoms with Gasteiger partial charge in [-0.2, -0.15) is 39.5 Å². The van der Waals surface area contributed by atoms with Crippen LogP contribution in [0.4, 0.5) is 55.3 Å². The zero-order valence-corrected chi connectivity index (χ0v) is 22.5. The van der Waals surface area contributed by atoms with Crippen LogP contribution in [0, 0.1) is 0 Å². The highest BCUT2D eigenvalue weighted by molar-refractivity contribution is 9.10. The van der Waals surface area contributed by atoms with E-state index in [-0.39, 0.29) is 17.3 Å². The van der Waals surface area contributed by atoms with Gasteiger partial charge in [-0.3, -0.25) is 9.59 Å². The third-order valence-electron chi connectivity index (χ3n) is 5.48. The van der Waals surface area contributed by atoms with Gasteiger partial charge in [-0.25, -0.2) is 12.8 Å². The average molecular weight is 695 g/mol. The number of hydrogen-bond acceptors (Lipinski definition) is 4. The molecular weight excluding hydrogens is 682 g/mol. The van der Waals surface area contributed by atoms with Crippen molar-refractivity contribution in [3.63, 3.8) is 0 Å². The van der Waals surface area contributed by atoms with Crippen LogP contribution in [-0.2, 0) is 15.5 Å².